The summed E-state index contributed by atoms with van der Waals surface area (Å²) >= 11 is 1.96. The normalized spacial score (nSPS) is 36.5. The number of amides is 1. The van der Waals surface area contributed by atoms with Crippen LogP contribution < -0.4 is 10.6 Å². The molecule has 2 aliphatic rings. The van der Waals surface area contributed by atoms with Gasteiger partial charge < -0.3 is 10.6 Å². The molecule has 0 spiro atoms. The molecule has 2 N–H and O–H groups in total. The lowest BCUT2D eigenvalue weighted by atomic mass is 9.88. The van der Waals surface area contributed by atoms with Crippen LogP contribution in [0.5, 0.6) is 0 Å². The van der Waals surface area contributed by atoms with Crippen molar-refractivity contribution in [1.29, 1.82) is 0 Å². The lowest BCUT2D eigenvalue weighted by Gasteiger charge is -2.28. The van der Waals surface area contributed by atoms with Crippen LogP contribution >= 0.6 is 11.8 Å². The number of rotatable bonds is 2. The van der Waals surface area contributed by atoms with Crippen LogP contribution in [0.15, 0.2) is 0 Å². The van der Waals surface area contributed by atoms with Gasteiger partial charge in [-0.25, -0.2) is 0 Å². The van der Waals surface area contributed by atoms with Crippen molar-refractivity contribution in [3.05, 3.63) is 0 Å². The predicted molar refractivity (Wildman–Crippen MR) is 64.1 cm³/mol. The molecule has 0 bridgehead atoms. The second-order valence-electron chi connectivity index (χ2n) is 4.87. The molecule has 2 atom stereocenters. The average molecular weight is 228 g/mol. The van der Waals surface area contributed by atoms with Crippen molar-refractivity contribution in [3.8, 4) is 0 Å². The highest BCUT2D eigenvalue weighted by Crippen LogP contribution is 2.26. The summed E-state index contributed by atoms with van der Waals surface area (Å²) in [4.78, 5) is 12.1. The molecule has 0 aliphatic carbocycles. The first-order valence-electron chi connectivity index (χ1n) is 5.80. The van der Waals surface area contributed by atoms with E-state index in [0.717, 1.165) is 31.7 Å². The zero-order chi connectivity index (χ0) is 10.7. The number of carbonyl (C=O) groups excluding carboxylic acids is 1. The van der Waals surface area contributed by atoms with Gasteiger partial charge >= 0.3 is 0 Å². The topological polar surface area (TPSA) is 41.1 Å². The van der Waals surface area contributed by atoms with E-state index in [1.54, 1.807) is 0 Å². The summed E-state index contributed by atoms with van der Waals surface area (Å²) in [6, 6.07) is 0.411. The summed E-state index contributed by atoms with van der Waals surface area (Å²) in [6.45, 7) is 3.88. The molecule has 2 unspecified atom stereocenters. The molecule has 86 valence electrons. The first kappa shape index (κ1) is 11.3. The second kappa shape index (κ2) is 4.74. The van der Waals surface area contributed by atoms with Crippen molar-refractivity contribution in [1.82, 2.24) is 10.6 Å². The lowest BCUT2D eigenvalue weighted by Crippen LogP contribution is -2.46. The third kappa shape index (κ3) is 2.67. The van der Waals surface area contributed by atoms with Gasteiger partial charge in [0.1, 0.15) is 0 Å². The van der Waals surface area contributed by atoms with Crippen LogP contribution in [-0.2, 0) is 4.79 Å². The Bertz CT molecular complexity index is 233. The molecular weight excluding hydrogens is 208 g/mol. The molecule has 2 saturated heterocycles. The van der Waals surface area contributed by atoms with Gasteiger partial charge in [0.25, 0.3) is 0 Å². The summed E-state index contributed by atoms with van der Waals surface area (Å²) in [5.74, 6) is 2.60. The van der Waals surface area contributed by atoms with Crippen LogP contribution in [0.3, 0.4) is 0 Å². The summed E-state index contributed by atoms with van der Waals surface area (Å²) in [5, 5.41) is 6.47. The molecule has 4 heteroatoms. The van der Waals surface area contributed by atoms with Crippen molar-refractivity contribution in [3.63, 3.8) is 0 Å². The number of hydrogen-bond acceptors (Lipinski definition) is 3. The number of thioether (sulfide) groups is 1. The lowest BCUT2D eigenvalue weighted by molar-refractivity contribution is -0.129. The van der Waals surface area contributed by atoms with E-state index in [2.05, 4.69) is 17.6 Å². The molecule has 1 amide bonds. The van der Waals surface area contributed by atoms with Crippen LogP contribution in [0, 0.1) is 5.41 Å². The molecule has 2 rings (SSSR count). The third-order valence-corrected chi connectivity index (χ3v) is 4.63. The first-order valence-corrected chi connectivity index (χ1v) is 6.96. The van der Waals surface area contributed by atoms with E-state index >= 15 is 0 Å². The SMILES string of the molecule is CC1(C(=O)NC2CCCSC2)CCNC1. The Labute approximate surface area is 95.8 Å². The van der Waals surface area contributed by atoms with Crippen molar-refractivity contribution in [2.24, 2.45) is 5.41 Å². The zero-order valence-electron chi connectivity index (χ0n) is 9.34. The molecule has 2 aliphatic heterocycles. The van der Waals surface area contributed by atoms with Crippen molar-refractivity contribution in [2.75, 3.05) is 24.6 Å². The summed E-state index contributed by atoms with van der Waals surface area (Å²) in [6.07, 6.45) is 3.37. The minimum atomic E-state index is -0.165. The van der Waals surface area contributed by atoms with Crippen LogP contribution in [0.2, 0.25) is 0 Å². The minimum Gasteiger partial charge on any atom is -0.352 e. The van der Waals surface area contributed by atoms with Gasteiger partial charge in [-0.05, 0) is 38.5 Å². The zero-order valence-corrected chi connectivity index (χ0v) is 10.2. The van der Waals surface area contributed by atoms with Gasteiger partial charge in [0, 0.05) is 18.3 Å². The molecule has 0 aromatic carbocycles. The molecule has 15 heavy (non-hydrogen) atoms. The third-order valence-electron chi connectivity index (χ3n) is 3.41. The van der Waals surface area contributed by atoms with E-state index < -0.39 is 0 Å². The van der Waals surface area contributed by atoms with Gasteiger partial charge in [0.15, 0.2) is 0 Å². The van der Waals surface area contributed by atoms with Gasteiger partial charge in [-0.2, -0.15) is 11.8 Å². The molecule has 0 saturated carbocycles. The Morgan fingerprint density at radius 1 is 1.60 bits per heavy atom. The number of hydrogen-bond donors (Lipinski definition) is 2. The standard InChI is InChI=1S/C11H20N2OS/c1-11(4-5-12-8-11)10(14)13-9-3-2-6-15-7-9/h9,12H,2-8H2,1H3,(H,13,14). The molecule has 3 nitrogen and oxygen atoms in total. The maximum absolute atomic E-state index is 12.1. The first-order chi connectivity index (χ1) is 7.21. The largest absolute Gasteiger partial charge is 0.352 e. The number of carbonyl (C=O) groups is 1. The fraction of sp³-hybridized carbons (Fsp3) is 0.909. The van der Waals surface area contributed by atoms with E-state index in [1.807, 2.05) is 11.8 Å². The highest BCUT2D eigenvalue weighted by Gasteiger charge is 2.37. The predicted octanol–water partition coefficient (Wildman–Crippen LogP) is 0.998. The highest BCUT2D eigenvalue weighted by molar-refractivity contribution is 7.99. The van der Waals surface area contributed by atoms with Crippen molar-refractivity contribution in [2.45, 2.75) is 32.2 Å². The quantitative estimate of drug-likeness (QED) is 0.741. The Hall–Kier alpha value is -0.220. The van der Waals surface area contributed by atoms with Gasteiger partial charge in [0.05, 0.1) is 5.41 Å². The van der Waals surface area contributed by atoms with Crippen LogP contribution in [0.25, 0.3) is 0 Å². The van der Waals surface area contributed by atoms with Gasteiger partial charge in [-0.15, -0.1) is 0 Å². The fourth-order valence-corrected chi connectivity index (χ4v) is 3.30. The summed E-state index contributed by atoms with van der Waals surface area (Å²) in [7, 11) is 0. The molecule has 2 heterocycles. The summed E-state index contributed by atoms with van der Waals surface area (Å²) < 4.78 is 0. The smallest absolute Gasteiger partial charge is 0.227 e. The molecule has 0 aromatic heterocycles. The van der Waals surface area contributed by atoms with E-state index in [-0.39, 0.29) is 11.3 Å². The number of nitrogens with one attached hydrogen (secondary N) is 2. The minimum absolute atomic E-state index is 0.165. The Balaban J connectivity index is 1.85. The van der Waals surface area contributed by atoms with Crippen LogP contribution in [0.1, 0.15) is 26.2 Å². The summed E-state index contributed by atoms with van der Waals surface area (Å²) in [5.41, 5.74) is -0.165. The monoisotopic (exact) mass is 228 g/mol. The molecule has 2 fully saturated rings. The van der Waals surface area contributed by atoms with Gasteiger partial charge in [0.2, 0.25) is 5.91 Å². The highest BCUT2D eigenvalue weighted by atomic mass is 32.2. The van der Waals surface area contributed by atoms with E-state index in [9.17, 15) is 4.79 Å². The Morgan fingerprint density at radius 2 is 2.47 bits per heavy atom. The van der Waals surface area contributed by atoms with Gasteiger partial charge in [-0.1, -0.05) is 0 Å². The maximum Gasteiger partial charge on any atom is 0.227 e. The van der Waals surface area contributed by atoms with Crippen LogP contribution in [0.4, 0.5) is 0 Å². The van der Waals surface area contributed by atoms with Gasteiger partial charge in [-0.3, -0.25) is 4.79 Å². The van der Waals surface area contributed by atoms with E-state index in [0.29, 0.717) is 6.04 Å². The van der Waals surface area contributed by atoms with E-state index in [1.165, 1.54) is 12.2 Å². The Kier molecular flexibility index (Phi) is 3.57. The molecular formula is C11H20N2OS. The Morgan fingerprint density at radius 3 is 3.07 bits per heavy atom. The van der Waals surface area contributed by atoms with Crippen molar-refractivity contribution < 1.29 is 4.79 Å². The van der Waals surface area contributed by atoms with E-state index in [4.69, 9.17) is 0 Å². The molecule has 0 aromatic rings. The maximum atomic E-state index is 12.1. The van der Waals surface area contributed by atoms with Crippen molar-refractivity contribution >= 4 is 17.7 Å². The second-order valence-corrected chi connectivity index (χ2v) is 6.02. The fourth-order valence-electron chi connectivity index (χ4n) is 2.22. The average Bonchev–Trinajstić information content (AvgIpc) is 2.68. The van der Waals surface area contributed by atoms with Crippen LogP contribution in [-0.4, -0.2) is 36.5 Å². The molecule has 0 radical (unpaired) electrons.